The van der Waals surface area contributed by atoms with Crippen LogP contribution in [0.4, 0.5) is 5.13 Å². The number of fused-ring (bicyclic) bond motifs is 2. The number of carboxylic acid groups (broad SMARTS) is 1. The van der Waals surface area contributed by atoms with Gasteiger partial charge in [-0.2, -0.15) is 0 Å². The molecule has 3 aliphatic rings. The molecule has 1 aromatic heterocycles. The number of benzene rings is 1. The van der Waals surface area contributed by atoms with Crippen LogP contribution in [-0.4, -0.2) is 47.3 Å². The van der Waals surface area contributed by atoms with Crippen molar-refractivity contribution in [3.05, 3.63) is 30.4 Å². The van der Waals surface area contributed by atoms with Gasteiger partial charge in [-0.1, -0.05) is 23.5 Å². The van der Waals surface area contributed by atoms with Crippen LogP contribution in [-0.2, 0) is 14.3 Å². The number of carbonyl (C=O) groups excluding carboxylic acids is 1. The van der Waals surface area contributed by atoms with Crippen LogP contribution in [0.25, 0.3) is 10.2 Å². The van der Waals surface area contributed by atoms with Crippen molar-refractivity contribution in [1.82, 2.24) is 4.98 Å². The van der Waals surface area contributed by atoms with E-state index in [9.17, 15) is 14.7 Å². The van der Waals surface area contributed by atoms with Crippen molar-refractivity contribution in [2.75, 3.05) is 18.6 Å². The van der Waals surface area contributed by atoms with E-state index in [2.05, 4.69) is 4.98 Å². The van der Waals surface area contributed by atoms with E-state index in [4.69, 9.17) is 9.47 Å². The lowest BCUT2D eigenvalue weighted by molar-refractivity contribution is -0.146. The highest BCUT2D eigenvalue weighted by atomic mass is 32.1. The summed E-state index contributed by atoms with van der Waals surface area (Å²) in [7, 11) is 1.59. The summed E-state index contributed by atoms with van der Waals surface area (Å²) in [4.78, 5) is 30.7. The lowest BCUT2D eigenvalue weighted by atomic mass is 9.77. The maximum atomic E-state index is 13.0. The Bertz CT molecular complexity index is 954. The van der Waals surface area contributed by atoms with Crippen LogP contribution < -0.4 is 9.64 Å². The molecule has 1 amide bonds. The number of amides is 1. The van der Waals surface area contributed by atoms with E-state index >= 15 is 0 Å². The second-order valence-electron chi connectivity index (χ2n) is 6.49. The average Bonchev–Trinajstić information content (AvgIpc) is 3.32. The minimum absolute atomic E-state index is 0.231. The summed E-state index contributed by atoms with van der Waals surface area (Å²) < 4.78 is 12.0. The molecule has 1 N–H and O–H groups in total. The highest BCUT2D eigenvalue weighted by molar-refractivity contribution is 7.22. The molecule has 0 radical (unpaired) electrons. The molecule has 1 spiro atoms. The van der Waals surface area contributed by atoms with Gasteiger partial charge in [0.25, 0.3) is 0 Å². The lowest BCUT2D eigenvalue weighted by Gasteiger charge is -2.21. The summed E-state index contributed by atoms with van der Waals surface area (Å²) in [5.74, 6) is -2.06. The fourth-order valence-corrected chi connectivity index (χ4v) is 5.03. The quantitative estimate of drug-likeness (QED) is 0.840. The van der Waals surface area contributed by atoms with Crippen LogP contribution in [0, 0.1) is 11.8 Å². The van der Waals surface area contributed by atoms with Gasteiger partial charge in [-0.15, -0.1) is 0 Å². The lowest BCUT2D eigenvalue weighted by Crippen LogP contribution is -2.39. The second-order valence-corrected chi connectivity index (χ2v) is 7.50. The molecule has 8 heteroatoms. The van der Waals surface area contributed by atoms with Crippen LogP contribution in [0.3, 0.4) is 0 Å². The van der Waals surface area contributed by atoms with Gasteiger partial charge in [-0.05, 0) is 12.1 Å². The maximum Gasteiger partial charge on any atom is 0.310 e. The topological polar surface area (TPSA) is 89.0 Å². The number of nitrogens with zero attached hydrogens (tertiary/aromatic N) is 2. The Labute approximate surface area is 146 Å². The van der Waals surface area contributed by atoms with Gasteiger partial charge in [-0.3, -0.25) is 14.5 Å². The normalized spacial score (nSPS) is 32.6. The molecule has 0 aliphatic carbocycles. The highest BCUT2D eigenvalue weighted by Crippen LogP contribution is 2.53. The van der Waals surface area contributed by atoms with Gasteiger partial charge in [-0.25, -0.2) is 4.98 Å². The van der Waals surface area contributed by atoms with Gasteiger partial charge < -0.3 is 14.6 Å². The maximum absolute atomic E-state index is 13.0. The minimum atomic E-state index is -0.995. The standard InChI is InChI=1S/C17H14N2O5S/c1-23-8-2-3-11-9(6-8)18-16(25-11)19-7-17-5-4-10(24-17)12(15(21)22)13(17)14(19)20/h2-6,10,12-13H,7H2,1H3,(H,21,22)/t10-,12+,13-,17-/m1/s1. The first-order valence-electron chi connectivity index (χ1n) is 7.88. The van der Waals surface area contributed by atoms with Crippen LogP contribution in [0.15, 0.2) is 30.4 Å². The number of carboxylic acids is 1. The predicted octanol–water partition coefficient (Wildman–Crippen LogP) is 1.68. The molecule has 1 aromatic carbocycles. The molecule has 0 unspecified atom stereocenters. The second kappa shape index (κ2) is 4.80. The molecule has 2 bridgehead atoms. The number of thiazole rings is 1. The molecule has 4 atom stereocenters. The van der Waals surface area contributed by atoms with Crippen molar-refractivity contribution in [2.45, 2.75) is 11.7 Å². The van der Waals surface area contributed by atoms with Gasteiger partial charge >= 0.3 is 5.97 Å². The monoisotopic (exact) mass is 358 g/mol. The van der Waals surface area contributed by atoms with Crippen LogP contribution in [0.2, 0.25) is 0 Å². The van der Waals surface area contributed by atoms with E-state index in [1.54, 1.807) is 18.1 Å². The zero-order valence-electron chi connectivity index (χ0n) is 13.2. The number of aliphatic carboxylic acids is 1. The third kappa shape index (κ3) is 1.86. The first-order chi connectivity index (χ1) is 12.0. The Morgan fingerprint density at radius 3 is 3.12 bits per heavy atom. The summed E-state index contributed by atoms with van der Waals surface area (Å²) >= 11 is 1.40. The summed E-state index contributed by atoms with van der Waals surface area (Å²) in [6.45, 7) is 0.296. The van der Waals surface area contributed by atoms with Crippen molar-refractivity contribution in [2.24, 2.45) is 11.8 Å². The number of rotatable bonds is 3. The highest BCUT2D eigenvalue weighted by Gasteiger charge is 2.67. The number of hydrogen-bond acceptors (Lipinski definition) is 6. The van der Waals surface area contributed by atoms with Crippen LogP contribution in [0.1, 0.15) is 0 Å². The first kappa shape index (κ1) is 14.9. The number of carbonyl (C=O) groups is 2. The molecule has 0 saturated carbocycles. The van der Waals surface area contributed by atoms with E-state index in [-0.39, 0.29) is 5.91 Å². The molecule has 128 valence electrons. The molecule has 7 nitrogen and oxygen atoms in total. The van der Waals surface area contributed by atoms with Gasteiger partial charge in [0, 0.05) is 6.07 Å². The Morgan fingerprint density at radius 1 is 1.52 bits per heavy atom. The van der Waals surface area contributed by atoms with E-state index < -0.39 is 29.5 Å². The Hall–Kier alpha value is -2.45. The third-order valence-electron chi connectivity index (χ3n) is 5.20. The molecule has 2 fully saturated rings. The Morgan fingerprint density at radius 2 is 2.36 bits per heavy atom. The number of hydrogen-bond donors (Lipinski definition) is 1. The van der Waals surface area contributed by atoms with E-state index in [1.807, 2.05) is 24.3 Å². The van der Waals surface area contributed by atoms with Crippen molar-refractivity contribution >= 4 is 38.6 Å². The molecular weight excluding hydrogens is 344 g/mol. The first-order valence-corrected chi connectivity index (χ1v) is 8.70. The third-order valence-corrected chi connectivity index (χ3v) is 6.26. The number of ether oxygens (including phenoxy) is 2. The molecule has 2 saturated heterocycles. The van der Waals surface area contributed by atoms with Crippen molar-refractivity contribution in [3.63, 3.8) is 0 Å². The zero-order chi connectivity index (χ0) is 17.3. The predicted molar refractivity (Wildman–Crippen MR) is 89.9 cm³/mol. The van der Waals surface area contributed by atoms with Crippen LogP contribution >= 0.6 is 11.3 Å². The zero-order valence-corrected chi connectivity index (χ0v) is 14.0. The van der Waals surface area contributed by atoms with Gasteiger partial charge in [0.2, 0.25) is 5.91 Å². The summed E-state index contributed by atoms with van der Waals surface area (Å²) in [6.07, 6.45) is 3.08. The van der Waals surface area contributed by atoms with E-state index in [0.29, 0.717) is 17.4 Å². The van der Waals surface area contributed by atoms with Crippen LogP contribution in [0.5, 0.6) is 5.75 Å². The number of anilines is 1. The molecule has 25 heavy (non-hydrogen) atoms. The largest absolute Gasteiger partial charge is 0.497 e. The molecule has 3 aliphatic heterocycles. The fourth-order valence-electron chi connectivity index (χ4n) is 4.08. The minimum Gasteiger partial charge on any atom is -0.497 e. The number of methoxy groups -OCH3 is 1. The average molecular weight is 358 g/mol. The molecule has 2 aromatic rings. The SMILES string of the molecule is COc1ccc2sc(N3C[C@@]45C=C[C@@H](O4)[C@H](C(=O)O)[C@@H]5C3=O)nc2c1. The molecular formula is C17H14N2O5S. The number of aromatic nitrogens is 1. The van der Waals surface area contributed by atoms with Gasteiger partial charge in [0.05, 0.1) is 35.9 Å². The molecule has 5 rings (SSSR count). The summed E-state index contributed by atoms with van der Waals surface area (Å²) in [5, 5.41) is 10.1. The smallest absolute Gasteiger partial charge is 0.310 e. The fraction of sp³-hybridized carbons (Fsp3) is 0.353. The van der Waals surface area contributed by atoms with E-state index in [1.165, 1.54) is 11.3 Å². The Kier molecular flexibility index (Phi) is 2.85. The van der Waals surface area contributed by atoms with Crippen molar-refractivity contribution < 1.29 is 24.2 Å². The van der Waals surface area contributed by atoms with E-state index in [0.717, 1.165) is 10.2 Å². The van der Waals surface area contributed by atoms with Gasteiger partial charge in [0.15, 0.2) is 5.13 Å². The summed E-state index contributed by atoms with van der Waals surface area (Å²) in [5.41, 5.74) is -0.0994. The molecule has 4 heterocycles. The summed E-state index contributed by atoms with van der Waals surface area (Å²) in [6, 6.07) is 5.56. The van der Waals surface area contributed by atoms with Gasteiger partial charge in [0.1, 0.15) is 17.3 Å². The van der Waals surface area contributed by atoms with Crippen molar-refractivity contribution in [1.29, 1.82) is 0 Å². The van der Waals surface area contributed by atoms with Crippen molar-refractivity contribution in [3.8, 4) is 5.75 Å². The Balaban J connectivity index is 1.55.